The van der Waals surface area contributed by atoms with Crippen LogP contribution in [0.4, 0.5) is 4.79 Å². The van der Waals surface area contributed by atoms with Gasteiger partial charge in [0.2, 0.25) is 0 Å². The highest BCUT2D eigenvalue weighted by molar-refractivity contribution is 7.98. The van der Waals surface area contributed by atoms with Crippen LogP contribution in [0.5, 0.6) is 0 Å². The molecule has 0 aliphatic heterocycles. The zero-order chi connectivity index (χ0) is 14.1. The Morgan fingerprint density at radius 2 is 2.00 bits per heavy atom. The second-order valence-corrected chi connectivity index (χ2v) is 5.31. The Morgan fingerprint density at radius 1 is 1.39 bits per heavy atom. The van der Waals surface area contributed by atoms with Crippen molar-refractivity contribution in [3.63, 3.8) is 0 Å². The largest absolute Gasteiger partial charge is 0.481 e. The minimum Gasteiger partial charge on any atom is -0.481 e. The maximum absolute atomic E-state index is 12.1. The van der Waals surface area contributed by atoms with Crippen molar-refractivity contribution < 1.29 is 14.7 Å². The van der Waals surface area contributed by atoms with Gasteiger partial charge >= 0.3 is 12.0 Å². The van der Waals surface area contributed by atoms with Crippen LogP contribution in [0.15, 0.2) is 0 Å². The van der Waals surface area contributed by atoms with Gasteiger partial charge in [-0.1, -0.05) is 6.92 Å². The molecule has 1 atom stereocenters. The van der Waals surface area contributed by atoms with E-state index in [-0.39, 0.29) is 12.6 Å². The minimum atomic E-state index is -0.869. The molecule has 0 aliphatic carbocycles. The fraction of sp³-hybridized carbons (Fsp3) is 0.833. The van der Waals surface area contributed by atoms with Crippen LogP contribution in [-0.2, 0) is 4.79 Å². The van der Waals surface area contributed by atoms with Gasteiger partial charge in [-0.2, -0.15) is 11.8 Å². The van der Waals surface area contributed by atoms with Gasteiger partial charge in [0, 0.05) is 26.7 Å². The molecule has 0 heterocycles. The molecule has 0 bridgehead atoms. The third-order valence-electron chi connectivity index (χ3n) is 2.74. The molecule has 0 radical (unpaired) electrons. The van der Waals surface area contributed by atoms with Crippen molar-refractivity contribution in [2.75, 3.05) is 38.7 Å². The third-order valence-corrected chi connectivity index (χ3v) is 3.43. The van der Waals surface area contributed by atoms with E-state index in [1.165, 1.54) is 0 Å². The Kier molecular flexibility index (Phi) is 8.62. The highest BCUT2D eigenvalue weighted by Crippen LogP contribution is 2.05. The van der Waals surface area contributed by atoms with Crippen molar-refractivity contribution in [2.24, 2.45) is 5.92 Å². The molecular formula is C12H24N2O3S. The highest BCUT2D eigenvalue weighted by atomic mass is 32.2. The van der Waals surface area contributed by atoms with E-state index in [0.717, 1.165) is 12.2 Å². The Bertz CT molecular complexity index is 274. The molecule has 0 aliphatic rings. The van der Waals surface area contributed by atoms with E-state index in [9.17, 15) is 9.59 Å². The summed E-state index contributed by atoms with van der Waals surface area (Å²) in [5, 5.41) is 8.87. The molecule has 6 heteroatoms. The lowest BCUT2D eigenvalue weighted by Crippen LogP contribution is -2.44. The standard InChI is InChI=1S/C12H24N2O3S/c1-5-14(9-10(2)11(15)16)12(17)13(3)7-6-8-18-4/h10H,5-9H2,1-4H3,(H,15,16). The van der Waals surface area contributed by atoms with E-state index >= 15 is 0 Å². The number of aliphatic carboxylic acids is 1. The summed E-state index contributed by atoms with van der Waals surface area (Å²) in [4.78, 5) is 26.1. The monoisotopic (exact) mass is 276 g/mol. The number of thioether (sulfide) groups is 1. The molecule has 1 unspecified atom stereocenters. The van der Waals surface area contributed by atoms with Gasteiger partial charge in [-0.05, 0) is 25.4 Å². The lowest BCUT2D eigenvalue weighted by Gasteiger charge is -2.28. The van der Waals surface area contributed by atoms with Crippen molar-refractivity contribution in [3.05, 3.63) is 0 Å². The second-order valence-electron chi connectivity index (χ2n) is 4.33. The van der Waals surface area contributed by atoms with E-state index < -0.39 is 11.9 Å². The molecule has 0 rings (SSSR count). The van der Waals surface area contributed by atoms with Gasteiger partial charge in [-0.25, -0.2) is 4.79 Å². The molecule has 5 nitrogen and oxygen atoms in total. The molecule has 18 heavy (non-hydrogen) atoms. The van der Waals surface area contributed by atoms with Crippen molar-refractivity contribution in [1.29, 1.82) is 0 Å². The lowest BCUT2D eigenvalue weighted by molar-refractivity contribution is -0.141. The molecule has 0 aromatic heterocycles. The smallest absolute Gasteiger partial charge is 0.319 e. The molecule has 0 aromatic rings. The molecule has 0 saturated heterocycles. The number of carbonyl (C=O) groups is 2. The van der Waals surface area contributed by atoms with Crippen LogP contribution in [0.3, 0.4) is 0 Å². The zero-order valence-electron chi connectivity index (χ0n) is 11.7. The topological polar surface area (TPSA) is 60.9 Å². The Hall–Kier alpha value is -0.910. The van der Waals surface area contributed by atoms with Crippen LogP contribution in [-0.4, -0.2) is 65.6 Å². The molecular weight excluding hydrogens is 252 g/mol. The van der Waals surface area contributed by atoms with Gasteiger partial charge in [-0.3, -0.25) is 4.79 Å². The number of carboxylic acids is 1. The van der Waals surface area contributed by atoms with Crippen molar-refractivity contribution in [1.82, 2.24) is 9.80 Å². The van der Waals surface area contributed by atoms with Gasteiger partial charge in [0.15, 0.2) is 0 Å². The summed E-state index contributed by atoms with van der Waals surface area (Å²) < 4.78 is 0. The van der Waals surface area contributed by atoms with Crippen LogP contribution in [0.2, 0.25) is 0 Å². The first-order valence-electron chi connectivity index (χ1n) is 6.15. The molecule has 106 valence electrons. The first-order valence-corrected chi connectivity index (χ1v) is 7.55. The van der Waals surface area contributed by atoms with Crippen molar-refractivity contribution >= 4 is 23.8 Å². The SMILES string of the molecule is CCN(CC(C)C(=O)O)C(=O)N(C)CCCSC. The maximum atomic E-state index is 12.1. The van der Waals surface area contributed by atoms with E-state index in [1.807, 2.05) is 13.2 Å². The number of urea groups is 1. The molecule has 2 amide bonds. The molecule has 0 spiro atoms. The van der Waals surface area contributed by atoms with Gasteiger partial charge in [0.1, 0.15) is 0 Å². The predicted molar refractivity (Wildman–Crippen MR) is 75.1 cm³/mol. The number of carboxylic acid groups (broad SMARTS) is 1. The summed E-state index contributed by atoms with van der Waals surface area (Å²) in [6.45, 7) is 4.98. The van der Waals surface area contributed by atoms with Crippen LogP contribution in [0.25, 0.3) is 0 Å². The Balaban J connectivity index is 4.28. The first kappa shape index (κ1) is 17.1. The summed E-state index contributed by atoms with van der Waals surface area (Å²) in [7, 11) is 1.76. The molecule has 0 saturated carbocycles. The van der Waals surface area contributed by atoms with E-state index in [1.54, 1.807) is 35.5 Å². The van der Waals surface area contributed by atoms with E-state index in [2.05, 4.69) is 0 Å². The van der Waals surface area contributed by atoms with Crippen LogP contribution in [0.1, 0.15) is 20.3 Å². The van der Waals surface area contributed by atoms with Crippen molar-refractivity contribution in [2.45, 2.75) is 20.3 Å². The van der Waals surface area contributed by atoms with E-state index in [4.69, 9.17) is 5.11 Å². The second kappa shape index (κ2) is 9.08. The Labute approximate surface area is 114 Å². The predicted octanol–water partition coefficient (Wildman–Crippen LogP) is 1.83. The quantitative estimate of drug-likeness (QED) is 0.687. The van der Waals surface area contributed by atoms with Crippen LogP contribution >= 0.6 is 11.8 Å². The van der Waals surface area contributed by atoms with Gasteiger partial charge in [0.25, 0.3) is 0 Å². The first-order chi connectivity index (χ1) is 8.43. The number of hydrogen-bond donors (Lipinski definition) is 1. The molecule has 0 fully saturated rings. The fourth-order valence-corrected chi connectivity index (χ4v) is 1.95. The molecule has 1 N–H and O–H groups in total. The summed E-state index contributed by atoms with van der Waals surface area (Å²) >= 11 is 1.75. The van der Waals surface area contributed by atoms with Crippen molar-refractivity contribution in [3.8, 4) is 0 Å². The zero-order valence-corrected chi connectivity index (χ0v) is 12.5. The number of rotatable bonds is 8. The third kappa shape index (κ3) is 6.14. The van der Waals surface area contributed by atoms with E-state index in [0.29, 0.717) is 13.1 Å². The summed E-state index contributed by atoms with van der Waals surface area (Å²) in [5.74, 6) is -0.380. The summed E-state index contributed by atoms with van der Waals surface area (Å²) in [5.41, 5.74) is 0. The van der Waals surface area contributed by atoms with Crippen LogP contribution < -0.4 is 0 Å². The van der Waals surface area contributed by atoms with Gasteiger partial charge < -0.3 is 14.9 Å². The fourth-order valence-electron chi connectivity index (χ4n) is 1.53. The summed E-state index contributed by atoms with van der Waals surface area (Å²) in [6.07, 6.45) is 2.99. The number of nitrogens with zero attached hydrogens (tertiary/aromatic N) is 2. The van der Waals surface area contributed by atoms with Gasteiger partial charge in [-0.15, -0.1) is 0 Å². The molecule has 0 aromatic carbocycles. The summed E-state index contributed by atoms with van der Waals surface area (Å²) in [6, 6.07) is -0.0910. The van der Waals surface area contributed by atoms with Gasteiger partial charge in [0.05, 0.1) is 5.92 Å². The number of carbonyl (C=O) groups excluding carboxylic acids is 1. The lowest BCUT2D eigenvalue weighted by atomic mass is 10.2. The Morgan fingerprint density at radius 3 is 2.44 bits per heavy atom. The average molecular weight is 276 g/mol. The maximum Gasteiger partial charge on any atom is 0.319 e. The van der Waals surface area contributed by atoms with Crippen LogP contribution in [0, 0.1) is 5.92 Å². The highest BCUT2D eigenvalue weighted by Gasteiger charge is 2.21. The minimum absolute atomic E-state index is 0.0910. The normalized spacial score (nSPS) is 12.0. The number of amides is 2. The number of hydrogen-bond acceptors (Lipinski definition) is 3. The average Bonchev–Trinajstić information content (AvgIpc) is 2.34.